The Balaban J connectivity index is 2.32. The van der Waals surface area contributed by atoms with Crippen LogP contribution in [0.4, 0.5) is 0 Å². The Morgan fingerprint density at radius 3 is 2.60 bits per heavy atom. The molecule has 1 aliphatic heterocycles. The first-order chi connectivity index (χ1) is 9.47. The lowest BCUT2D eigenvalue weighted by molar-refractivity contribution is -0.122. The molecule has 1 rings (SSSR count). The van der Waals surface area contributed by atoms with E-state index in [0.717, 1.165) is 32.6 Å². The van der Waals surface area contributed by atoms with Gasteiger partial charge in [-0.25, -0.2) is 0 Å². The van der Waals surface area contributed by atoms with E-state index in [2.05, 4.69) is 43.2 Å². The molecule has 0 bridgehead atoms. The summed E-state index contributed by atoms with van der Waals surface area (Å²) in [5, 5.41) is 6.56. The molecule has 1 aliphatic rings. The van der Waals surface area contributed by atoms with E-state index in [1.165, 1.54) is 12.8 Å². The van der Waals surface area contributed by atoms with Gasteiger partial charge in [0.25, 0.3) is 0 Å². The van der Waals surface area contributed by atoms with Gasteiger partial charge in [-0.15, -0.1) is 0 Å². The molecule has 1 heterocycles. The second kappa shape index (κ2) is 9.35. The van der Waals surface area contributed by atoms with Crippen molar-refractivity contribution < 1.29 is 4.79 Å². The molecule has 4 nitrogen and oxygen atoms in total. The summed E-state index contributed by atoms with van der Waals surface area (Å²) in [6.45, 7) is 13.2. The molecular weight excluding hydrogens is 250 g/mol. The second-order valence-electron chi connectivity index (χ2n) is 6.91. The number of hydrogen-bond donors (Lipinski definition) is 2. The summed E-state index contributed by atoms with van der Waals surface area (Å²) >= 11 is 0. The van der Waals surface area contributed by atoms with Crippen LogP contribution in [0.5, 0.6) is 0 Å². The number of nitrogens with zero attached hydrogens (tertiary/aromatic N) is 1. The first kappa shape index (κ1) is 17.4. The van der Waals surface area contributed by atoms with E-state index in [1.807, 2.05) is 0 Å². The molecule has 1 saturated heterocycles. The van der Waals surface area contributed by atoms with Gasteiger partial charge in [0, 0.05) is 25.7 Å². The molecule has 0 saturated carbocycles. The Bertz CT molecular complexity index is 273. The molecule has 0 aromatic heterocycles. The molecule has 2 N–H and O–H groups in total. The van der Waals surface area contributed by atoms with E-state index in [4.69, 9.17) is 0 Å². The van der Waals surface area contributed by atoms with E-state index in [1.54, 1.807) is 0 Å². The minimum atomic E-state index is 0.171. The van der Waals surface area contributed by atoms with Crippen LogP contribution in [0.1, 0.15) is 47.0 Å². The fraction of sp³-hybridized carbons (Fsp3) is 0.938. The van der Waals surface area contributed by atoms with Crippen LogP contribution in [0, 0.1) is 11.8 Å². The third-order valence-corrected chi connectivity index (χ3v) is 3.68. The lowest BCUT2D eigenvalue weighted by Crippen LogP contribution is -2.44. The van der Waals surface area contributed by atoms with Crippen LogP contribution in [0.2, 0.25) is 0 Å². The van der Waals surface area contributed by atoms with Crippen molar-refractivity contribution in [1.29, 1.82) is 0 Å². The highest BCUT2D eigenvalue weighted by atomic mass is 16.2. The highest BCUT2D eigenvalue weighted by Gasteiger charge is 2.20. The summed E-state index contributed by atoms with van der Waals surface area (Å²) in [5.74, 6) is 1.41. The maximum atomic E-state index is 12.0. The van der Waals surface area contributed by atoms with Crippen molar-refractivity contribution in [3.63, 3.8) is 0 Å². The van der Waals surface area contributed by atoms with Gasteiger partial charge in [-0.2, -0.15) is 0 Å². The molecule has 0 aromatic rings. The highest BCUT2D eigenvalue weighted by molar-refractivity contribution is 5.77. The zero-order chi connectivity index (χ0) is 15.0. The van der Waals surface area contributed by atoms with Crippen LogP contribution < -0.4 is 10.6 Å². The number of carbonyl (C=O) groups is 1. The van der Waals surface area contributed by atoms with Gasteiger partial charge in [-0.3, -0.25) is 9.69 Å². The van der Waals surface area contributed by atoms with Crippen LogP contribution in [0.3, 0.4) is 0 Å². The molecule has 0 aromatic carbocycles. The first-order valence-electron chi connectivity index (χ1n) is 8.19. The smallest absolute Gasteiger partial charge is 0.234 e. The predicted octanol–water partition coefficient (Wildman–Crippen LogP) is 1.86. The molecular formula is C16H33N3O. The van der Waals surface area contributed by atoms with Gasteiger partial charge in [0.15, 0.2) is 0 Å². The fourth-order valence-electron chi connectivity index (χ4n) is 2.70. The Hall–Kier alpha value is -0.610. The van der Waals surface area contributed by atoms with Crippen molar-refractivity contribution in [2.45, 2.75) is 53.0 Å². The summed E-state index contributed by atoms with van der Waals surface area (Å²) in [6.07, 6.45) is 3.56. The zero-order valence-corrected chi connectivity index (χ0v) is 13.7. The topological polar surface area (TPSA) is 44.4 Å². The lowest BCUT2D eigenvalue weighted by atomic mass is 10.1. The summed E-state index contributed by atoms with van der Waals surface area (Å²) in [7, 11) is 0. The van der Waals surface area contributed by atoms with Gasteiger partial charge in [-0.1, -0.05) is 27.7 Å². The molecule has 118 valence electrons. The summed E-state index contributed by atoms with van der Waals surface area (Å²) < 4.78 is 0. The fourth-order valence-corrected chi connectivity index (χ4v) is 2.70. The van der Waals surface area contributed by atoms with Crippen molar-refractivity contribution in [2.24, 2.45) is 11.8 Å². The number of hydrogen-bond acceptors (Lipinski definition) is 3. The van der Waals surface area contributed by atoms with E-state index >= 15 is 0 Å². The van der Waals surface area contributed by atoms with Crippen molar-refractivity contribution in [3.05, 3.63) is 0 Å². The molecule has 1 atom stereocenters. The number of rotatable bonds is 9. The number of nitrogens with one attached hydrogen (secondary N) is 2. The van der Waals surface area contributed by atoms with E-state index in [-0.39, 0.29) is 5.91 Å². The molecule has 4 heteroatoms. The van der Waals surface area contributed by atoms with Crippen molar-refractivity contribution in [2.75, 3.05) is 32.7 Å². The molecule has 1 amide bonds. The minimum absolute atomic E-state index is 0.171. The van der Waals surface area contributed by atoms with E-state index in [0.29, 0.717) is 24.4 Å². The van der Waals surface area contributed by atoms with Crippen LogP contribution in [0.15, 0.2) is 0 Å². The monoisotopic (exact) mass is 283 g/mol. The largest absolute Gasteiger partial charge is 0.355 e. The number of amides is 1. The lowest BCUT2D eigenvalue weighted by Gasteiger charge is -2.26. The molecule has 0 radical (unpaired) electrons. The predicted molar refractivity (Wildman–Crippen MR) is 84.8 cm³/mol. The molecule has 20 heavy (non-hydrogen) atoms. The van der Waals surface area contributed by atoms with Gasteiger partial charge in [0.1, 0.15) is 0 Å². The van der Waals surface area contributed by atoms with Crippen molar-refractivity contribution in [1.82, 2.24) is 15.5 Å². The third-order valence-electron chi connectivity index (χ3n) is 3.68. The highest BCUT2D eigenvalue weighted by Crippen LogP contribution is 2.08. The first-order valence-corrected chi connectivity index (χ1v) is 8.19. The normalized spacial score (nSPS) is 19.2. The average Bonchev–Trinajstić information content (AvgIpc) is 2.80. The average molecular weight is 283 g/mol. The third kappa shape index (κ3) is 7.85. The Morgan fingerprint density at radius 2 is 2.05 bits per heavy atom. The quantitative estimate of drug-likeness (QED) is 0.679. The van der Waals surface area contributed by atoms with Gasteiger partial charge >= 0.3 is 0 Å². The van der Waals surface area contributed by atoms with E-state index in [9.17, 15) is 4.79 Å². The summed E-state index contributed by atoms with van der Waals surface area (Å²) in [4.78, 5) is 14.3. The van der Waals surface area contributed by atoms with Crippen LogP contribution in [0.25, 0.3) is 0 Å². The maximum Gasteiger partial charge on any atom is 0.234 e. The van der Waals surface area contributed by atoms with Crippen LogP contribution in [-0.4, -0.2) is 49.6 Å². The molecule has 1 fully saturated rings. The summed E-state index contributed by atoms with van der Waals surface area (Å²) in [6, 6.07) is 0.567. The Labute approximate surface area is 124 Å². The van der Waals surface area contributed by atoms with E-state index < -0.39 is 0 Å². The Morgan fingerprint density at radius 1 is 1.30 bits per heavy atom. The van der Waals surface area contributed by atoms with Crippen LogP contribution in [-0.2, 0) is 4.79 Å². The molecule has 0 spiro atoms. The SMILES string of the molecule is CC(C)CCNC(=O)CN(CC(C)C)CC1CCCN1. The van der Waals surface area contributed by atoms with Gasteiger partial charge in [0.2, 0.25) is 5.91 Å². The maximum absolute atomic E-state index is 12.0. The zero-order valence-electron chi connectivity index (χ0n) is 13.7. The van der Waals surface area contributed by atoms with Crippen LogP contribution >= 0.6 is 0 Å². The van der Waals surface area contributed by atoms with Gasteiger partial charge in [-0.05, 0) is 37.6 Å². The standard InChI is InChI=1S/C16H33N3O/c1-13(2)7-9-18-16(20)12-19(10-14(3)4)11-15-6-5-8-17-15/h13-15,17H,5-12H2,1-4H3,(H,18,20). The van der Waals surface area contributed by atoms with Gasteiger partial charge < -0.3 is 10.6 Å². The molecule has 0 aliphatic carbocycles. The molecule has 1 unspecified atom stereocenters. The van der Waals surface area contributed by atoms with Crippen molar-refractivity contribution in [3.8, 4) is 0 Å². The number of carbonyl (C=O) groups excluding carboxylic acids is 1. The second-order valence-corrected chi connectivity index (χ2v) is 6.91. The van der Waals surface area contributed by atoms with Crippen molar-refractivity contribution >= 4 is 5.91 Å². The van der Waals surface area contributed by atoms with Gasteiger partial charge in [0.05, 0.1) is 6.54 Å². The summed E-state index contributed by atoms with van der Waals surface area (Å²) in [5.41, 5.74) is 0. The minimum Gasteiger partial charge on any atom is -0.355 e. The Kier molecular flexibility index (Phi) is 8.15.